The molecule has 3 aromatic heterocycles. The zero-order valence-electron chi connectivity index (χ0n) is 19.9. The Kier molecular flexibility index (Phi) is 6.81. The van der Waals surface area contributed by atoms with Crippen molar-refractivity contribution in [1.29, 1.82) is 0 Å². The molecule has 0 saturated carbocycles. The Morgan fingerprint density at radius 2 is 1.79 bits per heavy atom. The molecule has 9 heteroatoms. The van der Waals surface area contributed by atoms with Crippen LogP contribution in [-0.4, -0.2) is 54.3 Å². The van der Waals surface area contributed by atoms with Crippen molar-refractivity contribution >= 4 is 40.3 Å². The van der Waals surface area contributed by atoms with Crippen molar-refractivity contribution in [1.82, 2.24) is 34.7 Å². The van der Waals surface area contributed by atoms with Gasteiger partial charge in [0.2, 0.25) is 0 Å². The Morgan fingerprint density at radius 1 is 1.06 bits per heavy atom. The molecular weight excluding hydrogens is 453 g/mol. The predicted molar refractivity (Wildman–Crippen MR) is 135 cm³/mol. The van der Waals surface area contributed by atoms with Crippen molar-refractivity contribution in [2.24, 2.45) is 0 Å². The maximum Gasteiger partial charge on any atom is 0.273 e. The average Bonchev–Trinajstić information content (AvgIpc) is 3.39. The van der Waals surface area contributed by atoms with Crippen molar-refractivity contribution in [3.8, 4) is 0 Å². The summed E-state index contributed by atoms with van der Waals surface area (Å²) in [5, 5.41) is 14.5. The predicted octanol–water partition coefficient (Wildman–Crippen LogP) is 4.81. The number of aryl methyl sites for hydroxylation is 2. The van der Waals surface area contributed by atoms with E-state index in [0.717, 1.165) is 48.0 Å². The lowest BCUT2D eigenvalue weighted by atomic mass is 9.98. The van der Waals surface area contributed by atoms with E-state index < -0.39 is 0 Å². The molecule has 0 saturated heterocycles. The van der Waals surface area contributed by atoms with Crippen LogP contribution in [0.2, 0.25) is 0 Å². The van der Waals surface area contributed by atoms with Crippen LogP contribution in [0.4, 0.5) is 4.39 Å². The Balaban J connectivity index is 0.00000274. The monoisotopic (exact) mass is 481 g/mol. The molecule has 178 valence electrons. The van der Waals surface area contributed by atoms with Crippen LogP contribution in [0, 0.1) is 19.7 Å². The Bertz CT molecular complexity index is 1450. The fraction of sp³-hybridized carbons (Fsp3) is 0.360. The van der Waals surface area contributed by atoms with E-state index in [0.29, 0.717) is 23.7 Å². The number of benzene rings is 2. The second-order valence-corrected chi connectivity index (χ2v) is 8.57. The quantitative estimate of drug-likeness (QED) is 0.361. The first kappa shape index (κ1) is 24.0. The molecule has 0 aliphatic rings. The summed E-state index contributed by atoms with van der Waals surface area (Å²) in [6, 6.07) is 8.69. The minimum Gasteiger partial charge on any atom is -0.337 e. The van der Waals surface area contributed by atoms with E-state index in [1.165, 1.54) is 28.8 Å². The summed E-state index contributed by atoms with van der Waals surface area (Å²) in [6.07, 6.45) is 1.49. The van der Waals surface area contributed by atoms with Crippen LogP contribution >= 0.6 is 12.4 Å². The van der Waals surface area contributed by atoms with E-state index in [4.69, 9.17) is 10.1 Å². The number of halogens is 2. The summed E-state index contributed by atoms with van der Waals surface area (Å²) in [5.74, 6) is 0.864. The van der Waals surface area contributed by atoms with Gasteiger partial charge in [0, 0.05) is 18.4 Å². The molecule has 0 atom stereocenters. The summed E-state index contributed by atoms with van der Waals surface area (Å²) in [5.41, 5.74) is 7.30. The van der Waals surface area contributed by atoms with Gasteiger partial charge in [-0.1, -0.05) is 32.0 Å². The molecule has 0 bridgehead atoms. The van der Waals surface area contributed by atoms with E-state index in [9.17, 15) is 4.39 Å². The van der Waals surface area contributed by atoms with Gasteiger partial charge in [0.1, 0.15) is 11.3 Å². The molecule has 0 aliphatic carbocycles. The topological polar surface area (TPSA) is 75.0 Å². The summed E-state index contributed by atoms with van der Waals surface area (Å²) in [7, 11) is 0. The Labute approximate surface area is 203 Å². The maximum atomic E-state index is 13.3. The van der Waals surface area contributed by atoms with E-state index in [-0.39, 0.29) is 18.2 Å². The van der Waals surface area contributed by atoms with Crippen molar-refractivity contribution in [3.05, 3.63) is 64.2 Å². The van der Waals surface area contributed by atoms with Gasteiger partial charge in [0.15, 0.2) is 11.5 Å². The average molecular weight is 482 g/mol. The molecule has 0 spiro atoms. The molecule has 0 fully saturated rings. The van der Waals surface area contributed by atoms with Crippen molar-refractivity contribution in [2.45, 2.75) is 40.5 Å². The minimum absolute atomic E-state index is 0. The summed E-state index contributed by atoms with van der Waals surface area (Å²) < 4.78 is 15.0. The highest BCUT2D eigenvalue weighted by atomic mass is 35.5. The van der Waals surface area contributed by atoms with Gasteiger partial charge in [-0.2, -0.15) is 14.6 Å². The van der Waals surface area contributed by atoms with Crippen molar-refractivity contribution in [3.63, 3.8) is 0 Å². The summed E-state index contributed by atoms with van der Waals surface area (Å²) >= 11 is 0. The molecule has 5 rings (SSSR count). The fourth-order valence-corrected chi connectivity index (χ4v) is 4.57. The zero-order chi connectivity index (χ0) is 23.1. The number of rotatable bonds is 7. The van der Waals surface area contributed by atoms with Crippen molar-refractivity contribution < 1.29 is 4.39 Å². The maximum absolute atomic E-state index is 13.3. The van der Waals surface area contributed by atoms with Gasteiger partial charge in [-0.15, -0.1) is 22.6 Å². The van der Waals surface area contributed by atoms with Gasteiger partial charge < -0.3 is 9.88 Å². The van der Waals surface area contributed by atoms with Crippen LogP contribution in [0.1, 0.15) is 41.9 Å². The number of hydrogen-bond donors (Lipinski definition) is 1. The number of aromatic nitrogens is 6. The molecule has 7 nitrogen and oxygen atoms in total. The van der Waals surface area contributed by atoms with Gasteiger partial charge in [-0.25, -0.2) is 4.39 Å². The van der Waals surface area contributed by atoms with Gasteiger partial charge in [0.25, 0.3) is 5.78 Å². The van der Waals surface area contributed by atoms with Crippen LogP contribution in [0.5, 0.6) is 0 Å². The standard InChI is InChI=1S/C25H28FN7.ClH/c1-5-32(6-2)12-11-18-13-15(3)22-21(16(18)4)23-24(27-22)28-25-30-29-20(33(25)31-23)14-17-7-9-19(26)10-8-17;/h7-10,13H,5-6,11-12,14H2,1-4H3,(H,27,28,30);1H. The Hall–Kier alpha value is -3.10. The third-order valence-electron chi connectivity index (χ3n) is 6.56. The number of hydrogen-bond acceptors (Lipinski definition) is 5. The third-order valence-corrected chi connectivity index (χ3v) is 6.56. The van der Waals surface area contributed by atoms with E-state index in [1.54, 1.807) is 16.6 Å². The highest BCUT2D eigenvalue weighted by molar-refractivity contribution is 6.07. The van der Waals surface area contributed by atoms with Crippen LogP contribution in [0.15, 0.2) is 30.3 Å². The molecule has 0 unspecified atom stereocenters. The Morgan fingerprint density at radius 3 is 2.50 bits per heavy atom. The lowest BCUT2D eigenvalue weighted by Gasteiger charge is -2.19. The number of fused-ring (bicyclic) bond motifs is 4. The highest BCUT2D eigenvalue weighted by Gasteiger charge is 2.18. The molecule has 2 aromatic carbocycles. The molecule has 0 aliphatic heterocycles. The smallest absolute Gasteiger partial charge is 0.273 e. The first-order chi connectivity index (χ1) is 16.0. The lowest BCUT2D eigenvalue weighted by Crippen LogP contribution is -2.25. The molecule has 0 radical (unpaired) electrons. The van der Waals surface area contributed by atoms with Crippen LogP contribution in [-0.2, 0) is 12.8 Å². The largest absolute Gasteiger partial charge is 0.337 e. The number of H-pyrrole nitrogens is 1. The number of aromatic amines is 1. The number of likely N-dealkylation sites (N-methyl/N-ethyl adjacent to an activating group) is 1. The zero-order valence-corrected chi connectivity index (χ0v) is 20.7. The number of nitrogens with zero attached hydrogens (tertiary/aromatic N) is 6. The van der Waals surface area contributed by atoms with E-state index in [2.05, 4.69) is 53.8 Å². The molecular formula is C25H29ClFN7. The first-order valence-corrected chi connectivity index (χ1v) is 11.5. The van der Waals surface area contributed by atoms with Crippen LogP contribution < -0.4 is 0 Å². The van der Waals surface area contributed by atoms with Gasteiger partial charge in [0.05, 0.1) is 5.52 Å². The van der Waals surface area contributed by atoms with Crippen molar-refractivity contribution in [2.75, 3.05) is 19.6 Å². The van der Waals surface area contributed by atoms with Crippen LogP contribution in [0.3, 0.4) is 0 Å². The molecule has 3 heterocycles. The summed E-state index contributed by atoms with van der Waals surface area (Å²) in [4.78, 5) is 10.6. The summed E-state index contributed by atoms with van der Waals surface area (Å²) in [6.45, 7) is 11.8. The second-order valence-electron chi connectivity index (χ2n) is 8.57. The van der Waals surface area contributed by atoms with Crippen LogP contribution in [0.25, 0.3) is 27.8 Å². The van der Waals surface area contributed by atoms with Gasteiger partial charge in [-0.3, -0.25) is 0 Å². The highest BCUT2D eigenvalue weighted by Crippen LogP contribution is 2.31. The third kappa shape index (κ3) is 4.23. The number of nitrogens with one attached hydrogen (secondary N) is 1. The molecule has 1 N–H and O–H groups in total. The first-order valence-electron chi connectivity index (χ1n) is 11.5. The molecule has 34 heavy (non-hydrogen) atoms. The fourth-order valence-electron chi connectivity index (χ4n) is 4.57. The van der Waals surface area contributed by atoms with Gasteiger partial charge in [-0.05, 0) is 67.7 Å². The molecule has 0 amide bonds. The molecule has 5 aromatic rings. The van der Waals surface area contributed by atoms with E-state index in [1.807, 2.05) is 0 Å². The second kappa shape index (κ2) is 9.64. The lowest BCUT2D eigenvalue weighted by molar-refractivity contribution is 0.308. The van der Waals surface area contributed by atoms with E-state index >= 15 is 0 Å². The van der Waals surface area contributed by atoms with Gasteiger partial charge >= 0.3 is 0 Å². The minimum atomic E-state index is -0.257. The SMILES string of the molecule is CCN(CC)CCc1cc(C)c2[nH]c3nc4nnc(Cc5ccc(F)cc5)n4nc3c2c1C.Cl. The normalized spacial score (nSPS) is 11.7.